The third-order valence-corrected chi connectivity index (χ3v) is 4.82. The summed E-state index contributed by atoms with van der Waals surface area (Å²) in [7, 11) is 0. The number of ketones is 1. The van der Waals surface area contributed by atoms with Crippen LogP contribution in [0.5, 0.6) is 0 Å². The quantitative estimate of drug-likeness (QED) is 0.778. The van der Waals surface area contributed by atoms with Gasteiger partial charge in [0, 0.05) is 12.5 Å². The van der Waals surface area contributed by atoms with Crippen LogP contribution in [0.1, 0.15) is 36.6 Å². The average molecular weight is 403 g/mol. The first kappa shape index (κ1) is 20.6. The van der Waals surface area contributed by atoms with E-state index in [2.05, 4.69) is 0 Å². The Morgan fingerprint density at radius 2 is 1.76 bits per heavy atom. The van der Waals surface area contributed by atoms with Gasteiger partial charge in [0.2, 0.25) is 0 Å². The summed E-state index contributed by atoms with van der Waals surface area (Å²) < 4.78 is 39.1. The van der Waals surface area contributed by atoms with Crippen LogP contribution in [0.15, 0.2) is 65.9 Å². The summed E-state index contributed by atoms with van der Waals surface area (Å²) in [6.45, 7) is 3.14. The molecule has 3 rings (SSSR count). The highest BCUT2D eigenvalue weighted by Crippen LogP contribution is 2.40. The lowest BCUT2D eigenvalue weighted by molar-refractivity contribution is -0.137. The van der Waals surface area contributed by atoms with E-state index in [0.717, 1.165) is 12.1 Å². The van der Waals surface area contributed by atoms with Gasteiger partial charge in [-0.15, -0.1) is 0 Å². The van der Waals surface area contributed by atoms with Gasteiger partial charge in [0.15, 0.2) is 11.5 Å². The van der Waals surface area contributed by atoms with Crippen LogP contribution < -0.4 is 0 Å². The van der Waals surface area contributed by atoms with E-state index in [0.29, 0.717) is 5.56 Å². The monoisotopic (exact) mass is 403 g/mol. The Morgan fingerprint density at radius 3 is 2.34 bits per heavy atom. The maximum Gasteiger partial charge on any atom is 0.416 e. The SMILES string of the molecule is CC(C)C(=O)C1=C(O)C(=O)N(Cc2cccc(C(F)(F)F)c2)C1c1ccccc1. The molecule has 7 heteroatoms. The van der Waals surface area contributed by atoms with E-state index in [1.165, 1.54) is 17.0 Å². The van der Waals surface area contributed by atoms with Gasteiger partial charge >= 0.3 is 6.18 Å². The minimum atomic E-state index is -4.51. The van der Waals surface area contributed by atoms with E-state index < -0.39 is 35.4 Å². The van der Waals surface area contributed by atoms with Gasteiger partial charge in [-0.2, -0.15) is 13.2 Å². The fourth-order valence-corrected chi connectivity index (χ4v) is 3.40. The van der Waals surface area contributed by atoms with Gasteiger partial charge in [-0.3, -0.25) is 9.59 Å². The van der Waals surface area contributed by atoms with Crippen LogP contribution in [-0.4, -0.2) is 21.7 Å². The molecule has 0 saturated heterocycles. The van der Waals surface area contributed by atoms with Crippen LogP contribution in [0.2, 0.25) is 0 Å². The van der Waals surface area contributed by atoms with Gasteiger partial charge in [0.25, 0.3) is 5.91 Å². The molecule has 0 radical (unpaired) electrons. The van der Waals surface area contributed by atoms with Crippen molar-refractivity contribution in [1.29, 1.82) is 0 Å². The summed E-state index contributed by atoms with van der Waals surface area (Å²) in [5.41, 5.74) is -0.00206. The molecule has 2 aromatic carbocycles. The normalized spacial score (nSPS) is 17.4. The van der Waals surface area contributed by atoms with Gasteiger partial charge in [-0.25, -0.2) is 0 Å². The minimum absolute atomic E-state index is 0.0248. The van der Waals surface area contributed by atoms with Gasteiger partial charge in [-0.05, 0) is 23.3 Å². The van der Waals surface area contributed by atoms with E-state index in [1.807, 2.05) is 0 Å². The van der Waals surface area contributed by atoms with Crippen LogP contribution in [0, 0.1) is 5.92 Å². The molecule has 1 unspecified atom stereocenters. The number of hydrogen-bond donors (Lipinski definition) is 1. The van der Waals surface area contributed by atoms with Crippen LogP contribution in [0.3, 0.4) is 0 Å². The average Bonchev–Trinajstić information content (AvgIpc) is 2.92. The number of halogens is 3. The first-order valence-electron chi connectivity index (χ1n) is 9.10. The second kappa shape index (κ2) is 7.73. The highest BCUT2D eigenvalue weighted by Gasteiger charge is 2.44. The molecule has 0 spiro atoms. The van der Waals surface area contributed by atoms with E-state index >= 15 is 0 Å². The Bertz CT molecular complexity index is 965. The van der Waals surface area contributed by atoms with Crippen molar-refractivity contribution in [2.45, 2.75) is 32.6 Å². The number of amides is 1. The molecular formula is C22H20F3NO3. The van der Waals surface area contributed by atoms with Crippen molar-refractivity contribution < 1.29 is 27.9 Å². The van der Waals surface area contributed by atoms with E-state index in [9.17, 15) is 27.9 Å². The van der Waals surface area contributed by atoms with Gasteiger partial charge in [-0.1, -0.05) is 56.3 Å². The summed E-state index contributed by atoms with van der Waals surface area (Å²) >= 11 is 0. The van der Waals surface area contributed by atoms with Crippen molar-refractivity contribution in [3.63, 3.8) is 0 Å². The van der Waals surface area contributed by atoms with Crippen molar-refractivity contribution in [2.24, 2.45) is 5.92 Å². The smallest absolute Gasteiger partial charge is 0.416 e. The summed E-state index contributed by atoms with van der Waals surface area (Å²) in [6, 6.07) is 12.4. The number of benzene rings is 2. The van der Waals surface area contributed by atoms with Gasteiger partial charge in [0.05, 0.1) is 17.2 Å². The molecule has 1 atom stereocenters. The largest absolute Gasteiger partial charge is 0.503 e. The molecule has 0 saturated carbocycles. The van der Waals surface area contributed by atoms with Crippen molar-refractivity contribution in [3.8, 4) is 0 Å². The molecule has 29 heavy (non-hydrogen) atoms. The van der Waals surface area contributed by atoms with Crippen molar-refractivity contribution in [2.75, 3.05) is 0 Å². The molecule has 2 aromatic rings. The van der Waals surface area contributed by atoms with Crippen molar-refractivity contribution in [1.82, 2.24) is 4.90 Å². The highest BCUT2D eigenvalue weighted by atomic mass is 19.4. The lowest BCUT2D eigenvalue weighted by atomic mass is 9.91. The van der Waals surface area contributed by atoms with Crippen LogP contribution in [-0.2, 0) is 22.3 Å². The van der Waals surface area contributed by atoms with Crippen molar-refractivity contribution in [3.05, 3.63) is 82.6 Å². The second-order valence-electron chi connectivity index (χ2n) is 7.23. The number of aliphatic hydroxyl groups excluding tert-OH is 1. The molecule has 0 aromatic heterocycles. The van der Waals surface area contributed by atoms with Crippen LogP contribution >= 0.6 is 0 Å². The lowest BCUT2D eigenvalue weighted by Crippen LogP contribution is -2.31. The number of Topliss-reactive ketones (excluding diaryl/α,β-unsaturated/α-hetero) is 1. The maximum absolute atomic E-state index is 13.0. The van der Waals surface area contributed by atoms with Crippen LogP contribution in [0.25, 0.3) is 0 Å². The first-order chi connectivity index (χ1) is 13.6. The zero-order chi connectivity index (χ0) is 21.3. The molecule has 0 bridgehead atoms. The molecule has 4 nitrogen and oxygen atoms in total. The fourth-order valence-electron chi connectivity index (χ4n) is 3.40. The molecule has 1 heterocycles. The zero-order valence-electron chi connectivity index (χ0n) is 15.9. The zero-order valence-corrected chi connectivity index (χ0v) is 15.9. The molecule has 1 aliphatic heterocycles. The Balaban J connectivity index is 2.04. The number of carbonyl (C=O) groups excluding carboxylic acids is 2. The summed E-state index contributed by atoms with van der Waals surface area (Å²) in [4.78, 5) is 26.7. The number of nitrogens with zero attached hydrogens (tertiary/aromatic N) is 1. The fraction of sp³-hybridized carbons (Fsp3) is 0.273. The Labute approximate surface area is 166 Å². The third kappa shape index (κ3) is 4.04. The number of alkyl halides is 3. The summed E-state index contributed by atoms with van der Waals surface area (Å²) in [6.07, 6.45) is -4.51. The molecule has 0 aliphatic carbocycles. The Kier molecular flexibility index (Phi) is 5.50. The summed E-state index contributed by atoms with van der Waals surface area (Å²) in [5.74, 6) is -2.26. The molecule has 0 fully saturated rings. The molecule has 152 valence electrons. The predicted molar refractivity (Wildman–Crippen MR) is 101 cm³/mol. The number of aliphatic hydroxyl groups is 1. The van der Waals surface area contributed by atoms with Crippen LogP contribution in [0.4, 0.5) is 13.2 Å². The standard InChI is InChI=1S/C22H20F3NO3/c1-13(2)19(27)17-18(15-8-4-3-5-9-15)26(21(29)20(17)28)12-14-7-6-10-16(11-14)22(23,24)25/h3-11,13,18,28H,12H2,1-2H3. The second-order valence-corrected chi connectivity index (χ2v) is 7.23. The minimum Gasteiger partial charge on any atom is -0.503 e. The third-order valence-electron chi connectivity index (χ3n) is 4.82. The molecule has 1 aliphatic rings. The Morgan fingerprint density at radius 1 is 1.10 bits per heavy atom. The van der Waals surface area contributed by atoms with Gasteiger partial charge in [0.1, 0.15) is 0 Å². The number of hydrogen-bond acceptors (Lipinski definition) is 3. The first-order valence-corrected chi connectivity index (χ1v) is 9.10. The van der Waals surface area contributed by atoms with E-state index in [1.54, 1.807) is 44.2 Å². The maximum atomic E-state index is 13.0. The topological polar surface area (TPSA) is 57.6 Å². The Hall–Kier alpha value is -3.09. The highest BCUT2D eigenvalue weighted by molar-refractivity contribution is 6.09. The lowest BCUT2D eigenvalue weighted by Gasteiger charge is -2.27. The molecule has 1 N–H and O–H groups in total. The van der Waals surface area contributed by atoms with Gasteiger partial charge < -0.3 is 10.0 Å². The number of rotatable bonds is 5. The van der Waals surface area contributed by atoms with E-state index in [4.69, 9.17) is 0 Å². The molecule has 1 amide bonds. The molecular weight excluding hydrogens is 383 g/mol. The van der Waals surface area contributed by atoms with Crippen molar-refractivity contribution >= 4 is 11.7 Å². The summed E-state index contributed by atoms with van der Waals surface area (Å²) in [5, 5.41) is 10.4. The number of carbonyl (C=O) groups is 2. The van der Waals surface area contributed by atoms with E-state index in [-0.39, 0.29) is 23.5 Å². The predicted octanol–water partition coefficient (Wildman–Crippen LogP) is 4.83.